The molecular formula is C26H28Cl2F2N2O2. The highest BCUT2D eigenvalue weighted by Crippen LogP contribution is 2.21. The average Bonchev–Trinajstić information content (AvgIpc) is 2.79. The fourth-order valence-corrected chi connectivity index (χ4v) is 3.61. The van der Waals surface area contributed by atoms with Crippen molar-refractivity contribution in [3.05, 3.63) is 81.4 Å². The second-order valence-corrected chi connectivity index (χ2v) is 8.46. The first-order valence-electron chi connectivity index (χ1n) is 11.2. The Balaban J connectivity index is 1.49. The summed E-state index contributed by atoms with van der Waals surface area (Å²) in [5.74, 6) is -1.53. The van der Waals surface area contributed by atoms with Gasteiger partial charge < -0.3 is 10.6 Å². The van der Waals surface area contributed by atoms with Crippen molar-refractivity contribution in [3.63, 3.8) is 0 Å². The predicted molar refractivity (Wildman–Crippen MR) is 135 cm³/mol. The second-order valence-electron chi connectivity index (χ2n) is 7.64. The van der Waals surface area contributed by atoms with E-state index >= 15 is 0 Å². The molecule has 0 spiro atoms. The molecule has 0 aromatic heterocycles. The van der Waals surface area contributed by atoms with Crippen LogP contribution in [0.25, 0.3) is 12.2 Å². The van der Waals surface area contributed by atoms with Crippen LogP contribution in [-0.2, 0) is 9.59 Å². The summed E-state index contributed by atoms with van der Waals surface area (Å²) in [6.45, 7) is 1.09. The molecule has 2 N–H and O–H groups in total. The molecule has 34 heavy (non-hydrogen) atoms. The van der Waals surface area contributed by atoms with Crippen molar-refractivity contribution in [2.24, 2.45) is 0 Å². The Morgan fingerprint density at radius 3 is 1.44 bits per heavy atom. The lowest BCUT2D eigenvalue weighted by Gasteiger charge is -2.05. The van der Waals surface area contributed by atoms with Crippen LogP contribution >= 0.6 is 23.2 Å². The van der Waals surface area contributed by atoms with Gasteiger partial charge in [0.1, 0.15) is 11.6 Å². The van der Waals surface area contributed by atoms with E-state index in [-0.39, 0.29) is 33.0 Å². The largest absolute Gasteiger partial charge is 0.353 e. The number of hydrogen-bond acceptors (Lipinski definition) is 2. The first kappa shape index (κ1) is 27.5. The Bertz CT molecular complexity index is 904. The Morgan fingerprint density at radius 2 is 1.06 bits per heavy atom. The highest BCUT2D eigenvalue weighted by atomic mass is 35.5. The minimum Gasteiger partial charge on any atom is -0.353 e. The molecule has 2 amide bonds. The van der Waals surface area contributed by atoms with E-state index in [1.807, 2.05) is 0 Å². The van der Waals surface area contributed by atoms with E-state index in [2.05, 4.69) is 10.6 Å². The summed E-state index contributed by atoms with van der Waals surface area (Å²) in [5, 5.41) is 6.05. The summed E-state index contributed by atoms with van der Waals surface area (Å²) in [6.07, 6.45) is 11.0. The van der Waals surface area contributed by atoms with Crippen LogP contribution in [-0.4, -0.2) is 24.9 Å². The first-order valence-corrected chi connectivity index (χ1v) is 11.9. The standard InChI is InChI=1S/C26H28Cl2F2N2O2/c27-21-9-7-11-23(29)19(21)13-15-25(33)31-17-5-3-1-2-4-6-18-32-26(34)16-14-20-22(28)10-8-12-24(20)30/h7-16H,1-6,17-18H2,(H,31,33)(H,32,34)/b15-13+,16-14+. The summed E-state index contributed by atoms with van der Waals surface area (Å²) in [5.41, 5.74) is 0.391. The van der Waals surface area contributed by atoms with Crippen molar-refractivity contribution in [3.8, 4) is 0 Å². The molecular weight excluding hydrogens is 481 g/mol. The van der Waals surface area contributed by atoms with E-state index in [4.69, 9.17) is 23.2 Å². The molecule has 0 saturated carbocycles. The predicted octanol–water partition coefficient (Wildman–Crippen LogP) is 6.57. The Morgan fingerprint density at radius 1 is 0.676 bits per heavy atom. The fourth-order valence-electron chi connectivity index (χ4n) is 3.16. The number of amides is 2. The van der Waals surface area contributed by atoms with Crippen LogP contribution < -0.4 is 10.6 Å². The topological polar surface area (TPSA) is 58.2 Å². The molecule has 2 rings (SSSR count). The average molecular weight is 509 g/mol. The van der Waals surface area contributed by atoms with Crippen molar-refractivity contribution in [1.82, 2.24) is 10.6 Å². The third-order valence-electron chi connectivity index (χ3n) is 5.00. The van der Waals surface area contributed by atoms with E-state index in [1.165, 1.54) is 48.6 Å². The number of carbonyl (C=O) groups is 2. The zero-order chi connectivity index (χ0) is 24.8. The van der Waals surface area contributed by atoms with Crippen LogP contribution in [0.3, 0.4) is 0 Å². The molecule has 0 bridgehead atoms. The summed E-state index contributed by atoms with van der Waals surface area (Å²) < 4.78 is 27.3. The van der Waals surface area contributed by atoms with Gasteiger partial charge in [0.2, 0.25) is 11.8 Å². The van der Waals surface area contributed by atoms with Gasteiger partial charge in [0, 0.05) is 36.4 Å². The monoisotopic (exact) mass is 508 g/mol. The van der Waals surface area contributed by atoms with E-state index in [0.29, 0.717) is 13.1 Å². The molecule has 0 aliphatic carbocycles. The molecule has 0 unspecified atom stereocenters. The number of rotatable bonds is 13. The van der Waals surface area contributed by atoms with Crippen LogP contribution in [0.5, 0.6) is 0 Å². The summed E-state index contributed by atoms with van der Waals surface area (Å²) in [6, 6.07) is 8.74. The molecule has 2 aromatic carbocycles. The smallest absolute Gasteiger partial charge is 0.244 e. The zero-order valence-corrected chi connectivity index (χ0v) is 20.3. The summed E-state index contributed by atoms with van der Waals surface area (Å²) in [7, 11) is 0. The highest BCUT2D eigenvalue weighted by Gasteiger charge is 2.05. The number of hydrogen-bond donors (Lipinski definition) is 2. The quantitative estimate of drug-likeness (QED) is 0.237. The molecule has 182 valence electrons. The SMILES string of the molecule is O=C(/C=C/c1c(F)cccc1Cl)NCCCCCCCCNC(=O)/C=C/c1c(F)cccc1Cl. The molecule has 2 aromatic rings. The van der Waals surface area contributed by atoms with Crippen molar-refractivity contribution < 1.29 is 18.4 Å². The Kier molecular flexibility index (Phi) is 12.4. The van der Waals surface area contributed by atoms with E-state index in [1.54, 1.807) is 12.1 Å². The maximum absolute atomic E-state index is 13.7. The first-order chi connectivity index (χ1) is 16.4. The molecule has 0 radical (unpaired) electrons. The second kappa shape index (κ2) is 15.3. The molecule has 0 fully saturated rings. The highest BCUT2D eigenvalue weighted by molar-refractivity contribution is 6.32. The minimum absolute atomic E-state index is 0.195. The number of halogens is 4. The van der Waals surface area contributed by atoms with Gasteiger partial charge >= 0.3 is 0 Å². The van der Waals surface area contributed by atoms with Crippen LogP contribution in [0.4, 0.5) is 8.78 Å². The van der Waals surface area contributed by atoms with Crippen LogP contribution in [0, 0.1) is 11.6 Å². The molecule has 0 aliphatic rings. The van der Waals surface area contributed by atoms with Crippen molar-refractivity contribution in [2.75, 3.05) is 13.1 Å². The van der Waals surface area contributed by atoms with Gasteiger partial charge in [0.15, 0.2) is 0 Å². The van der Waals surface area contributed by atoms with Crippen molar-refractivity contribution >= 4 is 47.2 Å². The minimum atomic E-state index is -0.472. The maximum Gasteiger partial charge on any atom is 0.244 e. The van der Waals surface area contributed by atoms with Crippen LogP contribution in [0.15, 0.2) is 48.6 Å². The molecule has 0 atom stereocenters. The van der Waals surface area contributed by atoms with Gasteiger partial charge in [-0.15, -0.1) is 0 Å². The van der Waals surface area contributed by atoms with Gasteiger partial charge in [0.05, 0.1) is 10.0 Å². The Labute approximate surface area is 209 Å². The molecule has 8 heteroatoms. The van der Waals surface area contributed by atoms with Gasteiger partial charge in [-0.1, -0.05) is 61.0 Å². The van der Waals surface area contributed by atoms with Gasteiger partial charge in [-0.25, -0.2) is 8.78 Å². The third-order valence-corrected chi connectivity index (χ3v) is 5.66. The number of carbonyl (C=O) groups excluding carboxylic acids is 2. The zero-order valence-electron chi connectivity index (χ0n) is 18.8. The maximum atomic E-state index is 13.7. The summed E-state index contributed by atoms with van der Waals surface area (Å²) >= 11 is 11.8. The van der Waals surface area contributed by atoms with Crippen LogP contribution in [0.1, 0.15) is 49.7 Å². The van der Waals surface area contributed by atoms with Crippen LogP contribution in [0.2, 0.25) is 10.0 Å². The Hall–Kier alpha value is -2.70. The normalized spacial score (nSPS) is 11.3. The fraction of sp³-hybridized carbons (Fsp3) is 0.308. The molecule has 0 heterocycles. The van der Waals surface area contributed by atoms with E-state index < -0.39 is 11.6 Å². The lowest BCUT2D eigenvalue weighted by Crippen LogP contribution is -2.22. The molecule has 0 aliphatic heterocycles. The molecule has 0 saturated heterocycles. The van der Waals surface area contributed by atoms with Gasteiger partial charge in [0.25, 0.3) is 0 Å². The number of unbranched alkanes of at least 4 members (excludes halogenated alkanes) is 5. The lowest BCUT2D eigenvalue weighted by molar-refractivity contribution is -0.117. The van der Waals surface area contributed by atoms with E-state index in [9.17, 15) is 18.4 Å². The third kappa shape index (κ3) is 10.1. The van der Waals surface area contributed by atoms with Crippen molar-refractivity contribution in [1.29, 1.82) is 0 Å². The van der Waals surface area contributed by atoms with Gasteiger partial charge in [-0.3, -0.25) is 9.59 Å². The number of nitrogens with one attached hydrogen (secondary N) is 2. The lowest BCUT2D eigenvalue weighted by atomic mass is 10.1. The molecule has 4 nitrogen and oxygen atoms in total. The number of benzene rings is 2. The summed E-state index contributed by atoms with van der Waals surface area (Å²) in [4.78, 5) is 23.7. The van der Waals surface area contributed by atoms with Gasteiger partial charge in [-0.2, -0.15) is 0 Å². The van der Waals surface area contributed by atoms with E-state index in [0.717, 1.165) is 38.5 Å². The van der Waals surface area contributed by atoms with Crippen molar-refractivity contribution in [2.45, 2.75) is 38.5 Å². The van der Waals surface area contributed by atoms with Gasteiger partial charge in [-0.05, 0) is 49.3 Å².